The minimum atomic E-state index is -0.864. The van der Waals surface area contributed by atoms with E-state index in [4.69, 9.17) is 5.11 Å². The van der Waals surface area contributed by atoms with Crippen LogP contribution in [0.2, 0.25) is 0 Å². The van der Waals surface area contributed by atoms with Gasteiger partial charge in [0.05, 0.1) is 17.1 Å². The minimum absolute atomic E-state index is 0.425. The standard InChI is InChI=1S/C11H13N3O2S/c15-10(16)14-4-1-3-11(7-14)12-6-9-8(13-11)2-5-17-9/h2,5-6,13H,1,3-4,7H2,(H,15,16). The molecule has 2 aliphatic heterocycles. The van der Waals surface area contributed by atoms with E-state index < -0.39 is 11.8 Å². The smallest absolute Gasteiger partial charge is 0.407 e. The van der Waals surface area contributed by atoms with Crippen molar-refractivity contribution in [2.24, 2.45) is 4.99 Å². The van der Waals surface area contributed by atoms with Gasteiger partial charge in [0, 0.05) is 12.8 Å². The number of thiophene rings is 1. The second kappa shape index (κ2) is 3.73. The van der Waals surface area contributed by atoms with E-state index in [1.165, 1.54) is 4.90 Å². The van der Waals surface area contributed by atoms with Crippen molar-refractivity contribution < 1.29 is 9.90 Å². The van der Waals surface area contributed by atoms with Crippen LogP contribution in [0.3, 0.4) is 0 Å². The van der Waals surface area contributed by atoms with E-state index >= 15 is 0 Å². The van der Waals surface area contributed by atoms with Crippen LogP contribution in [0.15, 0.2) is 16.4 Å². The van der Waals surface area contributed by atoms with E-state index in [0.29, 0.717) is 13.1 Å². The molecule has 90 valence electrons. The highest BCUT2D eigenvalue weighted by molar-refractivity contribution is 7.12. The number of likely N-dealkylation sites (tertiary alicyclic amines) is 1. The molecule has 17 heavy (non-hydrogen) atoms. The molecule has 1 spiro atoms. The van der Waals surface area contributed by atoms with Crippen molar-refractivity contribution in [2.45, 2.75) is 18.5 Å². The van der Waals surface area contributed by atoms with Gasteiger partial charge in [0.15, 0.2) is 0 Å². The monoisotopic (exact) mass is 251 g/mol. The highest BCUT2D eigenvalue weighted by Crippen LogP contribution is 2.33. The first-order valence-corrected chi connectivity index (χ1v) is 6.45. The summed E-state index contributed by atoms with van der Waals surface area (Å²) in [6.07, 6.45) is 2.72. The van der Waals surface area contributed by atoms with Crippen molar-refractivity contribution in [2.75, 3.05) is 18.4 Å². The third-order valence-electron chi connectivity index (χ3n) is 3.23. The molecule has 2 N–H and O–H groups in total. The minimum Gasteiger partial charge on any atom is -0.465 e. The number of carboxylic acid groups (broad SMARTS) is 1. The Hall–Kier alpha value is -1.56. The SMILES string of the molecule is O=C(O)N1CCCC2(C1)N=Cc1sccc1N2. The lowest BCUT2D eigenvalue weighted by Gasteiger charge is -2.41. The maximum absolute atomic E-state index is 11.0. The Bertz CT molecular complexity index is 485. The van der Waals surface area contributed by atoms with Gasteiger partial charge in [-0.05, 0) is 24.3 Å². The number of carbonyl (C=O) groups is 1. The van der Waals surface area contributed by atoms with Crippen molar-refractivity contribution in [3.8, 4) is 0 Å². The Morgan fingerprint density at radius 2 is 2.53 bits per heavy atom. The summed E-state index contributed by atoms with van der Waals surface area (Å²) in [5, 5.41) is 14.5. The van der Waals surface area contributed by atoms with Crippen LogP contribution in [0.4, 0.5) is 10.5 Å². The summed E-state index contributed by atoms with van der Waals surface area (Å²) < 4.78 is 0. The van der Waals surface area contributed by atoms with Gasteiger partial charge in [0.1, 0.15) is 5.66 Å². The van der Waals surface area contributed by atoms with Crippen LogP contribution in [0.1, 0.15) is 17.7 Å². The largest absolute Gasteiger partial charge is 0.465 e. The fourth-order valence-electron chi connectivity index (χ4n) is 2.40. The molecule has 1 aromatic rings. The Morgan fingerprint density at radius 3 is 3.35 bits per heavy atom. The molecule has 1 atom stereocenters. The molecule has 1 fully saturated rings. The molecule has 5 nitrogen and oxygen atoms in total. The van der Waals surface area contributed by atoms with E-state index in [-0.39, 0.29) is 0 Å². The van der Waals surface area contributed by atoms with Gasteiger partial charge in [-0.1, -0.05) is 0 Å². The number of piperidine rings is 1. The maximum atomic E-state index is 11.0. The molecule has 0 aromatic carbocycles. The first-order valence-electron chi connectivity index (χ1n) is 5.57. The third kappa shape index (κ3) is 1.78. The lowest BCUT2D eigenvalue weighted by atomic mass is 9.97. The van der Waals surface area contributed by atoms with Crippen molar-refractivity contribution >= 4 is 29.3 Å². The van der Waals surface area contributed by atoms with Gasteiger partial charge in [0.25, 0.3) is 0 Å². The van der Waals surface area contributed by atoms with E-state index in [1.807, 2.05) is 17.7 Å². The molecule has 2 aliphatic rings. The van der Waals surface area contributed by atoms with Crippen LogP contribution in [0.25, 0.3) is 0 Å². The van der Waals surface area contributed by atoms with E-state index in [9.17, 15) is 4.79 Å². The number of hydrogen-bond acceptors (Lipinski definition) is 4. The van der Waals surface area contributed by atoms with E-state index in [1.54, 1.807) is 11.3 Å². The number of amides is 1. The number of nitrogens with zero attached hydrogens (tertiary/aromatic N) is 2. The predicted octanol–water partition coefficient (Wildman–Crippen LogP) is 2.06. The van der Waals surface area contributed by atoms with Crippen LogP contribution in [0.5, 0.6) is 0 Å². The molecular formula is C11H13N3O2S. The Kier molecular flexibility index (Phi) is 2.32. The summed E-state index contributed by atoms with van der Waals surface area (Å²) >= 11 is 1.64. The van der Waals surface area contributed by atoms with Crippen LogP contribution in [-0.2, 0) is 0 Å². The van der Waals surface area contributed by atoms with Crippen LogP contribution < -0.4 is 5.32 Å². The number of anilines is 1. The molecule has 0 radical (unpaired) electrons. The topological polar surface area (TPSA) is 64.9 Å². The summed E-state index contributed by atoms with van der Waals surface area (Å²) in [6, 6.07) is 2.02. The van der Waals surface area contributed by atoms with Crippen molar-refractivity contribution in [3.05, 3.63) is 16.3 Å². The average Bonchev–Trinajstić information content (AvgIpc) is 2.76. The normalized spacial score (nSPS) is 26.7. The second-order valence-corrected chi connectivity index (χ2v) is 5.37. The Balaban J connectivity index is 1.86. The molecule has 3 heterocycles. The van der Waals surface area contributed by atoms with Gasteiger partial charge in [-0.2, -0.15) is 0 Å². The summed E-state index contributed by atoms with van der Waals surface area (Å²) in [7, 11) is 0. The van der Waals surface area contributed by atoms with Crippen LogP contribution >= 0.6 is 11.3 Å². The summed E-state index contributed by atoms with van der Waals surface area (Å²) in [5.41, 5.74) is 0.613. The molecule has 0 saturated carbocycles. The zero-order valence-corrected chi connectivity index (χ0v) is 10.0. The van der Waals surface area contributed by atoms with E-state index in [2.05, 4.69) is 10.3 Å². The number of rotatable bonds is 0. The zero-order chi connectivity index (χ0) is 11.9. The first kappa shape index (κ1) is 10.6. The van der Waals surface area contributed by atoms with Crippen LogP contribution in [-0.4, -0.2) is 41.1 Å². The van der Waals surface area contributed by atoms with Gasteiger partial charge >= 0.3 is 6.09 Å². The summed E-state index contributed by atoms with van der Waals surface area (Å²) in [4.78, 5) is 18.1. The van der Waals surface area contributed by atoms with Gasteiger partial charge in [-0.15, -0.1) is 11.3 Å². The lowest BCUT2D eigenvalue weighted by molar-refractivity contribution is 0.117. The molecule has 1 saturated heterocycles. The Labute approximate surface area is 103 Å². The molecule has 1 unspecified atom stereocenters. The van der Waals surface area contributed by atoms with Gasteiger partial charge in [0.2, 0.25) is 0 Å². The van der Waals surface area contributed by atoms with Crippen molar-refractivity contribution in [1.29, 1.82) is 0 Å². The fraction of sp³-hybridized carbons (Fsp3) is 0.455. The molecule has 1 aromatic heterocycles. The summed E-state index contributed by atoms with van der Waals surface area (Å²) in [5.74, 6) is 0. The van der Waals surface area contributed by atoms with Gasteiger partial charge < -0.3 is 15.3 Å². The van der Waals surface area contributed by atoms with Gasteiger partial charge in [-0.3, -0.25) is 4.99 Å². The van der Waals surface area contributed by atoms with E-state index in [0.717, 1.165) is 23.4 Å². The van der Waals surface area contributed by atoms with Crippen LogP contribution in [0, 0.1) is 0 Å². The first-order chi connectivity index (χ1) is 8.19. The summed E-state index contributed by atoms with van der Waals surface area (Å²) in [6.45, 7) is 1.03. The van der Waals surface area contributed by atoms with Crippen molar-refractivity contribution in [1.82, 2.24) is 4.90 Å². The highest BCUT2D eigenvalue weighted by Gasteiger charge is 2.38. The lowest BCUT2D eigenvalue weighted by Crippen LogP contribution is -2.54. The molecular weight excluding hydrogens is 238 g/mol. The third-order valence-corrected chi connectivity index (χ3v) is 4.08. The van der Waals surface area contributed by atoms with Gasteiger partial charge in [-0.25, -0.2) is 4.79 Å². The molecule has 3 rings (SSSR count). The number of hydrogen-bond donors (Lipinski definition) is 2. The average molecular weight is 251 g/mol. The molecule has 0 bridgehead atoms. The number of fused-ring (bicyclic) bond motifs is 1. The highest BCUT2D eigenvalue weighted by atomic mass is 32.1. The maximum Gasteiger partial charge on any atom is 0.407 e. The number of aliphatic imine (C=N–C) groups is 1. The fourth-order valence-corrected chi connectivity index (χ4v) is 3.11. The molecule has 1 amide bonds. The zero-order valence-electron chi connectivity index (χ0n) is 9.22. The quantitative estimate of drug-likeness (QED) is 0.741. The second-order valence-electron chi connectivity index (χ2n) is 4.42. The Morgan fingerprint density at radius 1 is 1.65 bits per heavy atom. The number of nitrogens with one attached hydrogen (secondary N) is 1. The molecule has 6 heteroatoms. The molecule has 0 aliphatic carbocycles. The predicted molar refractivity (Wildman–Crippen MR) is 67.1 cm³/mol. The van der Waals surface area contributed by atoms with Crippen molar-refractivity contribution in [3.63, 3.8) is 0 Å².